The topological polar surface area (TPSA) is 58.5 Å². The molecule has 0 spiro atoms. The molecule has 2 bridgehead atoms. The van der Waals surface area contributed by atoms with E-state index in [0.29, 0.717) is 5.92 Å². The molecule has 0 amide bonds. The number of hydrogen-bond donors (Lipinski definition) is 1. The predicted molar refractivity (Wildman–Crippen MR) is 72.0 cm³/mol. The number of nitrogens with zero attached hydrogens (tertiary/aromatic N) is 1. The first-order chi connectivity index (χ1) is 9.15. The second-order valence-electron chi connectivity index (χ2n) is 5.88. The molecule has 100 valence electrons. The first kappa shape index (κ1) is 11.5. The molecule has 5 heteroatoms. The van der Waals surface area contributed by atoms with Gasteiger partial charge in [-0.25, -0.2) is 4.83 Å². The summed E-state index contributed by atoms with van der Waals surface area (Å²) < 4.78 is 24.1. The number of hydrogen-bond acceptors (Lipinski definition) is 3. The van der Waals surface area contributed by atoms with Crippen LogP contribution in [0.15, 0.2) is 40.3 Å². The third-order valence-electron chi connectivity index (χ3n) is 4.83. The van der Waals surface area contributed by atoms with Gasteiger partial charge in [0.1, 0.15) is 0 Å². The third-order valence-corrected chi connectivity index (χ3v) is 6.06. The van der Waals surface area contributed by atoms with Gasteiger partial charge in [0.15, 0.2) is 0 Å². The van der Waals surface area contributed by atoms with Crippen LogP contribution in [0.4, 0.5) is 0 Å². The fraction of sp³-hybridized carbons (Fsp3) is 0.500. The number of hydrazone groups is 1. The first-order valence-electron chi connectivity index (χ1n) is 6.78. The van der Waals surface area contributed by atoms with Crippen LogP contribution in [0, 0.1) is 23.7 Å². The largest absolute Gasteiger partial charge is 0.276 e. The van der Waals surface area contributed by atoms with Crippen LogP contribution >= 0.6 is 0 Å². The van der Waals surface area contributed by atoms with Gasteiger partial charge in [-0.1, -0.05) is 18.2 Å². The van der Waals surface area contributed by atoms with Crippen molar-refractivity contribution in [3.63, 3.8) is 0 Å². The van der Waals surface area contributed by atoms with E-state index in [9.17, 15) is 8.42 Å². The molecule has 0 saturated heterocycles. The van der Waals surface area contributed by atoms with Crippen molar-refractivity contribution in [1.29, 1.82) is 0 Å². The van der Waals surface area contributed by atoms with Gasteiger partial charge in [0.25, 0.3) is 10.0 Å². The van der Waals surface area contributed by atoms with Gasteiger partial charge >= 0.3 is 0 Å². The molecule has 0 radical (unpaired) electrons. The van der Waals surface area contributed by atoms with E-state index in [1.807, 2.05) is 0 Å². The van der Waals surface area contributed by atoms with Gasteiger partial charge in [0, 0.05) is 11.6 Å². The van der Waals surface area contributed by atoms with Crippen molar-refractivity contribution in [2.24, 2.45) is 28.8 Å². The summed E-state index contributed by atoms with van der Waals surface area (Å²) in [6.45, 7) is 0. The third kappa shape index (κ3) is 1.79. The summed E-state index contributed by atoms with van der Waals surface area (Å²) >= 11 is 0. The van der Waals surface area contributed by atoms with Crippen molar-refractivity contribution in [3.05, 3.63) is 30.3 Å². The molecule has 0 unspecified atom stereocenters. The van der Waals surface area contributed by atoms with Gasteiger partial charge in [-0.2, -0.15) is 13.5 Å². The highest BCUT2D eigenvalue weighted by Crippen LogP contribution is 2.64. The lowest BCUT2D eigenvalue weighted by molar-refractivity contribution is 0.522. The van der Waals surface area contributed by atoms with Crippen molar-refractivity contribution in [2.75, 3.05) is 0 Å². The molecule has 1 aromatic carbocycles. The number of nitrogens with one attached hydrogen (secondary N) is 1. The average molecular weight is 276 g/mol. The standard InChI is InChI=1S/C14H16N2O2S/c17-19(18,10-4-2-1-3-5-10)16-15-14-7-9-6-13(14)12-8-11(9)12/h1-5,9,11-13,16H,6-8H2/b15-14+/t9-,11+,12-,13+/m1/s1. The van der Waals surface area contributed by atoms with Crippen LogP contribution < -0.4 is 4.83 Å². The van der Waals surface area contributed by atoms with Crippen molar-refractivity contribution in [3.8, 4) is 0 Å². The molecular weight excluding hydrogens is 260 g/mol. The van der Waals surface area contributed by atoms with Crippen molar-refractivity contribution in [2.45, 2.75) is 24.2 Å². The monoisotopic (exact) mass is 276 g/mol. The van der Waals surface area contributed by atoms with Crippen LogP contribution in [0.2, 0.25) is 0 Å². The summed E-state index contributed by atoms with van der Waals surface area (Å²) in [6.07, 6.45) is 3.55. The maximum atomic E-state index is 12.1. The molecule has 19 heavy (non-hydrogen) atoms. The normalized spacial score (nSPS) is 37.4. The quantitative estimate of drug-likeness (QED) is 0.858. The van der Waals surface area contributed by atoms with E-state index in [2.05, 4.69) is 9.93 Å². The molecular formula is C14H16N2O2S. The molecule has 3 aliphatic carbocycles. The molecule has 0 aromatic heterocycles. The summed E-state index contributed by atoms with van der Waals surface area (Å²) in [4.78, 5) is 2.67. The van der Waals surface area contributed by atoms with Crippen molar-refractivity contribution >= 4 is 15.7 Å². The molecule has 0 aliphatic heterocycles. The molecule has 4 nitrogen and oxygen atoms in total. The Balaban J connectivity index is 1.53. The van der Waals surface area contributed by atoms with Gasteiger partial charge in [-0.15, -0.1) is 0 Å². The molecule has 3 aliphatic rings. The zero-order valence-corrected chi connectivity index (χ0v) is 11.3. The molecule has 4 rings (SSSR count). The van der Waals surface area contributed by atoms with Crippen LogP contribution in [0.1, 0.15) is 19.3 Å². The lowest BCUT2D eigenvalue weighted by Crippen LogP contribution is -2.23. The Morgan fingerprint density at radius 2 is 1.89 bits per heavy atom. The summed E-state index contributed by atoms with van der Waals surface area (Å²) in [5, 5.41) is 4.21. The van der Waals surface area contributed by atoms with E-state index in [4.69, 9.17) is 0 Å². The summed E-state index contributed by atoms with van der Waals surface area (Å²) in [5.41, 5.74) is 1.07. The van der Waals surface area contributed by atoms with Crippen LogP contribution in [0.5, 0.6) is 0 Å². The summed E-state index contributed by atoms with van der Waals surface area (Å²) in [6, 6.07) is 8.40. The maximum absolute atomic E-state index is 12.1. The minimum atomic E-state index is -3.51. The van der Waals surface area contributed by atoms with Crippen molar-refractivity contribution in [1.82, 2.24) is 4.83 Å². The van der Waals surface area contributed by atoms with Crippen LogP contribution in [0.25, 0.3) is 0 Å². The highest BCUT2D eigenvalue weighted by atomic mass is 32.2. The van der Waals surface area contributed by atoms with Gasteiger partial charge in [-0.3, -0.25) is 0 Å². The fourth-order valence-electron chi connectivity index (χ4n) is 3.85. The Hall–Kier alpha value is -1.36. The molecule has 0 heterocycles. The molecule has 1 aromatic rings. The van der Waals surface area contributed by atoms with Gasteiger partial charge in [0.2, 0.25) is 0 Å². The SMILES string of the molecule is O=S(=O)(N/N=C1\C[C@H]2C[C@H]1[C@@H]1C[C@@H]21)c1ccccc1. The van der Waals surface area contributed by atoms with Crippen LogP contribution in [-0.4, -0.2) is 14.1 Å². The van der Waals surface area contributed by atoms with E-state index in [-0.39, 0.29) is 4.90 Å². The van der Waals surface area contributed by atoms with E-state index < -0.39 is 10.0 Å². The Bertz CT molecular complexity index is 639. The molecule has 1 N–H and O–H groups in total. The minimum Gasteiger partial charge on any atom is -0.200 e. The Morgan fingerprint density at radius 1 is 1.11 bits per heavy atom. The van der Waals surface area contributed by atoms with Crippen LogP contribution in [-0.2, 0) is 10.0 Å². The summed E-state index contributed by atoms with van der Waals surface area (Å²) in [7, 11) is -3.51. The maximum Gasteiger partial charge on any atom is 0.276 e. The zero-order chi connectivity index (χ0) is 13.0. The predicted octanol–water partition coefficient (Wildman–Crippen LogP) is 2.00. The van der Waals surface area contributed by atoms with Crippen molar-refractivity contribution < 1.29 is 8.42 Å². The van der Waals surface area contributed by atoms with E-state index >= 15 is 0 Å². The fourth-order valence-corrected chi connectivity index (χ4v) is 4.71. The highest BCUT2D eigenvalue weighted by Gasteiger charge is 2.60. The van der Waals surface area contributed by atoms with E-state index in [1.165, 1.54) is 12.8 Å². The van der Waals surface area contributed by atoms with Gasteiger partial charge < -0.3 is 0 Å². The Morgan fingerprint density at radius 3 is 2.58 bits per heavy atom. The van der Waals surface area contributed by atoms with Crippen LogP contribution in [0.3, 0.4) is 0 Å². The van der Waals surface area contributed by atoms with Gasteiger partial charge in [0.05, 0.1) is 4.90 Å². The second kappa shape index (κ2) is 3.82. The number of benzene rings is 1. The Labute approximate surface area is 113 Å². The second-order valence-corrected chi connectivity index (χ2v) is 7.54. The van der Waals surface area contributed by atoms with E-state index in [0.717, 1.165) is 29.9 Å². The average Bonchev–Trinajstić information content (AvgIpc) is 3.04. The lowest BCUT2D eigenvalue weighted by atomic mass is 9.99. The molecule has 3 fully saturated rings. The summed E-state index contributed by atoms with van der Waals surface area (Å²) in [5.74, 6) is 3.05. The van der Waals surface area contributed by atoms with E-state index in [1.54, 1.807) is 30.3 Å². The van der Waals surface area contributed by atoms with Gasteiger partial charge in [-0.05, 0) is 49.1 Å². The zero-order valence-electron chi connectivity index (χ0n) is 10.5. The Kier molecular flexibility index (Phi) is 2.31. The highest BCUT2D eigenvalue weighted by molar-refractivity contribution is 7.89. The number of fused-ring (bicyclic) bond motifs is 5. The molecule has 3 saturated carbocycles. The number of rotatable bonds is 3. The number of sulfonamides is 1. The molecule has 4 atom stereocenters. The first-order valence-corrected chi connectivity index (χ1v) is 8.27. The smallest absolute Gasteiger partial charge is 0.200 e. The lowest BCUT2D eigenvalue weighted by Gasteiger charge is -2.12. The minimum absolute atomic E-state index is 0.270.